The number of hydrogen-bond acceptors (Lipinski definition) is 4. The van der Waals surface area contributed by atoms with Crippen LogP contribution in [0.3, 0.4) is 0 Å². The summed E-state index contributed by atoms with van der Waals surface area (Å²) in [5.74, 6) is 0.922. The Balaban J connectivity index is 1.49. The van der Waals surface area contributed by atoms with Crippen LogP contribution in [-0.4, -0.2) is 34.4 Å². The zero-order valence-electron chi connectivity index (χ0n) is 11.9. The van der Waals surface area contributed by atoms with Gasteiger partial charge in [0.1, 0.15) is 11.9 Å². The van der Waals surface area contributed by atoms with Crippen molar-refractivity contribution in [1.82, 2.24) is 10.0 Å². The number of aromatic nitrogens is 1. The van der Waals surface area contributed by atoms with Crippen molar-refractivity contribution in [2.75, 3.05) is 13.1 Å². The zero-order valence-corrected chi connectivity index (χ0v) is 11.9. The summed E-state index contributed by atoms with van der Waals surface area (Å²) in [5, 5.41) is 11.4. The van der Waals surface area contributed by atoms with E-state index in [4.69, 9.17) is 4.74 Å². The molecule has 4 nitrogen and oxygen atoms in total. The molecule has 0 aliphatic carbocycles. The molecule has 1 N–H and O–H groups in total. The van der Waals surface area contributed by atoms with Gasteiger partial charge in [0.15, 0.2) is 0 Å². The molecule has 3 rings (SSSR count). The van der Waals surface area contributed by atoms with Crippen LogP contribution < -0.4 is 4.74 Å². The Bertz CT molecular complexity index is 574. The van der Waals surface area contributed by atoms with Crippen molar-refractivity contribution in [3.05, 3.63) is 59.9 Å². The van der Waals surface area contributed by atoms with Gasteiger partial charge in [0.2, 0.25) is 0 Å². The van der Waals surface area contributed by atoms with E-state index in [1.54, 1.807) is 6.20 Å². The average molecular weight is 283 g/mol. The van der Waals surface area contributed by atoms with E-state index in [9.17, 15) is 5.21 Å². The predicted octanol–water partition coefficient (Wildman–Crippen LogP) is 2.51. The zero-order chi connectivity index (χ0) is 14.5. The molecule has 0 spiro atoms. The van der Waals surface area contributed by atoms with Crippen molar-refractivity contribution in [3.63, 3.8) is 0 Å². The number of hydroxylamine groups is 2. The van der Waals surface area contributed by atoms with Gasteiger partial charge in [-0.3, -0.25) is 4.98 Å². The maximum atomic E-state index is 10.0. The second-order valence-electron chi connectivity index (χ2n) is 5.34. The van der Waals surface area contributed by atoms with Crippen molar-refractivity contribution in [1.29, 1.82) is 0 Å². The van der Waals surface area contributed by atoms with Crippen molar-refractivity contribution in [2.45, 2.75) is 25.4 Å². The minimum Gasteiger partial charge on any atom is -0.489 e. The summed E-state index contributed by atoms with van der Waals surface area (Å²) >= 11 is 0. The molecule has 1 atom stereocenters. The van der Waals surface area contributed by atoms with Crippen LogP contribution in [0.25, 0.3) is 0 Å². The quantitative estimate of drug-likeness (QED) is 0.856. The third kappa shape index (κ3) is 3.80. The molecule has 0 fully saturated rings. The molecule has 0 amide bonds. The summed E-state index contributed by atoms with van der Waals surface area (Å²) in [6.07, 6.45) is 6.31. The molecule has 1 unspecified atom stereocenters. The molecule has 1 aromatic carbocycles. The van der Waals surface area contributed by atoms with E-state index in [2.05, 4.69) is 11.1 Å². The Morgan fingerprint density at radius 2 is 2.38 bits per heavy atom. The number of rotatable bonds is 5. The Morgan fingerprint density at radius 1 is 1.43 bits per heavy atom. The van der Waals surface area contributed by atoms with Gasteiger partial charge in [-0.2, -0.15) is 5.06 Å². The molecule has 4 heteroatoms. The third-order valence-electron chi connectivity index (χ3n) is 3.73. The van der Waals surface area contributed by atoms with Gasteiger partial charge in [0.05, 0.1) is 6.54 Å². The molecule has 0 bridgehead atoms. The Labute approximate surface area is 125 Å². The minimum absolute atomic E-state index is 0.0406. The first-order valence-corrected chi connectivity index (χ1v) is 7.29. The van der Waals surface area contributed by atoms with Crippen LogP contribution in [0.1, 0.15) is 17.5 Å². The van der Waals surface area contributed by atoms with E-state index in [-0.39, 0.29) is 6.10 Å². The van der Waals surface area contributed by atoms with Crippen molar-refractivity contribution in [2.24, 2.45) is 0 Å². The highest BCUT2D eigenvalue weighted by Gasteiger charge is 2.21. The average Bonchev–Trinajstić information content (AvgIpc) is 2.54. The number of aryl methyl sites for hydroxylation is 1. The number of benzene rings is 1. The van der Waals surface area contributed by atoms with Crippen LogP contribution in [0, 0.1) is 6.07 Å². The van der Waals surface area contributed by atoms with Crippen LogP contribution in [0.2, 0.25) is 0 Å². The Hall–Kier alpha value is -1.91. The molecular weight excluding hydrogens is 264 g/mol. The molecule has 109 valence electrons. The van der Waals surface area contributed by atoms with Gasteiger partial charge in [-0.25, -0.2) is 0 Å². The van der Waals surface area contributed by atoms with E-state index >= 15 is 0 Å². The van der Waals surface area contributed by atoms with Crippen molar-refractivity contribution < 1.29 is 9.94 Å². The van der Waals surface area contributed by atoms with Crippen LogP contribution in [-0.2, 0) is 12.8 Å². The number of pyridine rings is 1. The minimum atomic E-state index is 0.0406. The molecule has 1 radical (unpaired) electrons. The lowest BCUT2D eigenvalue weighted by molar-refractivity contribution is -0.110. The molecule has 21 heavy (non-hydrogen) atoms. The van der Waals surface area contributed by atoms with Gasteiger partial charge < -0.3 is 9.94 Å². The molecule has 1 aromatic heterocycles. The number of ether oxygens (including phenoxy) is 1. The molecule has 0 saturated heterocycles. The molecule has 0 saturated carbocycles. The normalized spacial score (nSPS) is 17.3. The van der Waals surface area contributed by atoms with E-state index in [1.165, 1.54) is 10.6 Å². The molecule has 1 aliphatic heterocycles. The SMILES string of the molecule is ON(CCc1cccnc1)CC1CCc2c[c]ccc2O1. The first-order chi connectivity index (χ1) is 10.3. The van der Waals surface area contributed by atoms with Crippen LogP contribution >= 0.6 is 0 Å². The monoisotopic (exact) mass is 283 g/mol. The number of fused-ring (bicyclic) bond motifs is 1. The van der Waals surface area contributed by atoms with Crippen LogP contribution in [0.5, 0.6) is 5.75 Å². The summed E-state index contributed by atoms with van der Waals surface area (Å²) in [7, 11) is 0. The summed E-state index contributed by atoms with van der Waals surface area (Å²) in [5.41, 5.74) is 2.33. The highest BCUT2D eigenvalue weighted by molar-refractivity contribution is 5.34. The van der Waals surface area contributed by atoms with E-state index < -0.39 is 0 Å². The largest absolute Gasteiger partial charge is 0.489 e. The fraction of sp³-hybridized carbons (Fsp3) is 0.353. The molecule has 1 aliphatic rings. The van der Waals surface area contributed by atoms with Crippen LogP contribution in [0.4, 0.5) is 0 Å². The fourth-order valence-corrected chi connectivity index (χ4v) is 2.58. The highest BCUT2D eigenvalue weighted by atomic mass is 16.5. The molecular formula is C17H19N2O2. The smallest absolute Gasteiger partial charge is 0.123 e. The molecule has 2 heterocycles. The fourth-order valence-electron chi connectivity index (χ4n) is 2.58. The van der Waals surface area contributed by atoms with Gasteiger partial charge in [0.25, 0.3) is 0 Å². The summed E-state index contributed by atoms with van der Waals surface area (Å²) in [6.45, 7) is 1.11. The lowest BCUT2D eigenvalue weighted by atomic mass is 10.0. The van der Waals surface area contributed by atoms with Crippen LogP contribution in [0.15, 0.2) is 42.7 Å². The van der Waals surface area contributed by atoms with Gasteiger partial charge in [-0.1, -0.05) is 12.1 Å². The first-order valence-electron chi connectivity index (χ1n) is 7.29. The first kappa shape index (κ1) is 14.0. The predicted molar refractivity (Wildman–Crippen MR) is 79.3 cm³/mol. The van der Waals surface area contributed by atoms with Gasteiger partial charge in [-0.15, -0.1) is 0 Å². The van der Waals surface area contributed by atoms with Gasteiger partial charge in [-0.05, 0) is 54.7 Å². The highest BCUT2D eigenvalue weighted by Crippen LogP contribution is 2.27. The summed E-state index contributed by atoms with van der Waals surface area (Å²) in [4.78, 5) is 4.08. The summed E-state index contributed by atoms with van der Waals surface area (Å²) < 4.78 is 5.92. The second kappa shape index (κ2) is 6.70. The van der Waals surface area contributed by atoms with Gasteiger partial charge >= 0.3 is 0 Å². The topological polar surface area (TPSA) is 45.6 Å². The lowest BCUT2D eigenvalue weighted by Crippen LogP contribution is -2.36. The van der Waals surface area contributed by atoms with Crippen molar-refractivity contribution >= 4 is 0 Å². The van der Waals surface area contributed by atoms with Crippen molar-refractivity contribution in [3.8, 4) is 5.75 Å². The Kier molecular flexibility index (Phi) is 4.48. The number of hydrogen-bond donors (Lipinski definition) is 1. The maximum Gasteiger partial charge on any atom is 0.123 e. The lowest BCUT2D eigenvalue weighted by Gasteiger charge is -2.28. The third-order valence-corrected chi connectivity index (χ3v) is 3.73. The maximum absolute atomic E-state index is 10.0. The number of nitrogens with zero attached hydrogens (tertiary/aromatic N) is 2. The molecule has 2 aromatic rings. The summed E-state index contributed by atoms with van der Waals surface area (Å²) in [6, 6.07) is 12.8. The standard InChI is InChI=1S/C17H19N2O2/c20-19(11-9-14-4-3-10-18-12-14)13-16-8-7-15-5-1-2-6-17(15)21-16/h2-6,10,12,16,20H,7-9,11,13H2. The van der Waals surface area contributed by atoms with E-state index in [0.717, 1.165) is 30.6 Å². The van der Waals surface area contributed by atoms with E-state index in [0.29, 0.717) is 13.1 Å². The van der Waals surface area contributed by atoms with E-state index in [1.807, 2.05) is 36.5 Å². The van der Waals surface area contributed by atoms with Gasteiger partial charge in [0, 0.05) is 18.9 Å². The second-order valence-corrected chi connectivity index (χ2v) is 5.34. The Morgan fingerprint density at radius 3 is 3.24 bits per heavy atom.